The van der Waals surface area contributed by atoms with E-state index in [9.17, 15) is 9.59 Å². The Morgan fingerprint density at radius 3 is 2.44 bits per heavy atom. The van der Waals surface area contributed by atoms with E-state index in [4.69, 9.17) is 9.97 Å². The fourth-order valence-corrected chi connectivity index (χ4v) is 5.65. The van der Waals surface area contributed by atoms with Crippen LogP contribution in [-0.4, -0.2) is 74.9 Å². The van der Waals surface area contributed by atoms with Gasteiger partial charge in [0.2, 0.25) is 11.9 Å². The number of likely N-dealkylation sites (N-methyl/N-ethyl adjacent to an activating group) is 2. The molecule has 5 heterocycles. The number of fused-ring (bicyclic) bond motifs is 2. The van der Waals surface area contributed by atoms with Crippen molar-refractivity contribution in [3.63, 3.8) is 0 Å². The minimum absolute atomic E-state index is 0.00736. The molecular formula is C30H35N9O2. The Hall–Kier alpha value is -4.51. The molecule has 0 spiro atoms. The van der Waals surface area contributed by atoms with Gasteiger partial charge >= 0.3 is 0 Å². The van der Waals surface area contributed by atoms with Crippen molar-refractivity contribution in [2.75, 3.05) is 54.9 Å². The Bertz CT molecular complexity index is 1700. The molecule has 11 heteroatoms. The van der Waals surface area contributed by atoms with Crippen molar-refractivity contribution in [1.82, 2.24) is 29.2 Å². The molecule has 1 amide bonds. The lowest BCUT2D eigenvalue weighted by atomic mass is 9.87. The smallest absolute Gasteiger partial charge is 0.278 e. The quantitative estimate of drug-likeness (QED) is 0.348. The van der Waals surface area contributed by atoms with E-state index < -0.39 is 5.41 Å². The predicted molar refractivity (Wildman–Crippen MR) is 162 cm³/mol. The minimum atomic E-state index is -0.671. The van der Waals surface area contributed by atoms with Gasteiger partial charge in [-0.15, -0.1) is 6.58 Å². The number of hydrogen-bond donors (Lipinski definition) is 1. The number of nitrogens with one attached hydrogen (secondary N) is 1. The maximum atomic E-state index is 13.4. The standard InChI is InChI=1S/C30H35N9O2/c1-6-14-38-27(40)22-19-31-29(32-20-8-10-21(11-9-20)36-17-15-35(5)16-18-36)34-25(22)39(38)24-13-12-23-26(33-24)37(7-2)28(41)30(23,3)4/h6,8-13,19H,1,7,14-18H2,2-5H3,(H,31,32,34). The fraction of sp³-hybridized carbons (Fsp3) is 0.367. The van der Waals surface area contributed by atoms with Crippen LogP contribution in [0.25, 0.3) is 16.9 Å². The second-order valence-electron chi connectivity index (χ2n) is 11.1. The number of rotatable bonds is 7. The maximum absolute atomic E-state index is 13.4. The summed E-state index contributed by atoms with van der Waals surface area (Å²) in [6.07, 6.45) is 3.20. The third kappa shape index (κ3) is 4.46. The summed E-state index contributed by atoms with van der Waals surface area (Å²) < 4.78 is 3.22. The zero-order valence-electron chi connectivity index (χ0n) is 24.0. The molecule has 1 N–H and O–H groups in total. The number of nitrogens with zero attached hydrogens (tertiary/aromatic N) is 8. The normalized spacial score (nSPS) is 16.8. The van der Waals surface area contributed by atoms with Gasteiger partial charge in [0, 0.05) is 55.9 Å². The molecule has 0 bridgehead atoms. The molecule has 11 nitrogen and oxygen atoms in total. The van der Waals surface area contributed by atoms with Gasteiger partial charge in [-0.05, 0) is 58.2 Å². The van der Waals surface area contributed by atoms with Crippen molar-refractivity contribution in [3.05, 3.63) is 71.2 Å². The highest BCUT2D eigenvalue weighted by molar-refractivity contribution is 6.06. The van der Waals surface area contributed by atoms with E-state index in [1.807, 2.05) is 45.0 Å². The minimum Gasteiger partial charge on any atom is -0.369 e. The number of benzene rings is 1. The molecule has 41 heavy (non-hydrogen) atoms. The van der Waals surface area contributed by atoms with Crippen molar-refractivity contribution in [2.45, 2.75) is 32.7 Å². The number of pyridine rings is 1. The van der Waals surface area contributed by atoms with E-state index in [1.54, 1.807) is 21.9 Å². The molecule has 6 rings (SSSR count). The number of carbonyl (C=O) groups excluding carboxylic acids is 1. The Labute approximate surface area is 238 Å². The number of hydrogen-bond acceptors (Lipinski definition) is 8. The molecule has 2 aliphatic rings. The van der Waals surface area contributed by atoms with Gasteiger partial charge in [0.15, 0.2) is 11.5 Å². The van der Waals surface area contributed by atoms with Crippen molar-refractivity contribution >= 4 is 40.1 Å². The largest absolute Gasteiger partial charge is 0.369 e. The van der Waals surface area contributed by atoms with Crippen LogP contribution in [0, 0.1) is 0 Å². The molecular weight excluding hydrogens is 518 g/mol. The summed E-state index contributed by atoms with van der Waals surface area (Å²) in [6, 6.07) is 12.0. The Morgan fingerprint density at radius 2 is 1.76 bits per heavy atom. The van der Waals surface area contributed by atoms with Crippen LogP contribution in [0.2, 0.25) is 0 Å². The summed E-state index contributed by atoms with van der Waals surface area (Å²) in [5.41, 5.74) is 2.39. The van der Waals surface area contributed by atoms with Crippen LogP contribution in [0.1, 0.15) is 26.3 Å². The molecule has 0 unspecified atom stereocenters. The van der Waals surface area contributed by atoms with Gasteiger partial charge in [-0.3, -0.25) is 14.5 Å². The highest BCUT2D eigenvalue weighted by Gasteiger charge is 2.44. The molecule has 0 saturated carbocycles. The molecule has 4 aromatic rings. The summed E-state index contributed by atoms with van der Waals surface area (Å²) in [4.78, 5) is 46.9. The third-order valence-electron chi connectivity index (χ3n) is 8.07. The van der Waals surface area contributed by atoms with Gasteiger partial charge in [0.25, 0.3) is 5.56 Å². The number of allylic oxidation sites excluding steroid dienone is 1. The average Bonchev–Trinajstić information content (AvgIpc) is 3.35. The van der Waals surface area contributed by atoms with E-state index in [0.29, 0.717) is 35.2 Å². The molecule has 1 aromatic carbocycles. The van der Waals surface area contributed by atoms with Gasteiger partial charge in [-0.1, -0.05) is 12.1 Å². The average molecular weight is 554 g/mol. The van der Waals surface area contributed by atoms with Gasteiger partial charge in [-0.25, -0.2) is 19.3 Å². The first-order valence-corrected chi connectivity index (χ1v) is 14.0. The summed E-state index contributed by atoms with van der Waals surface area (Å²) in [5, 5.41) is 3.65. The van der Waals surface area contributed by atoms with E-state index in [2.05, 4.69) is 45.9 Å². The van der Waals surface area contributed by atoms with Crippen LogP contribution in [0.4, 0.5) is 23.1 Å². The number of carbonyl (C=O) groups is 1. The number of aromatic nitrogens is 5. The summed E-state index contributed by atoms with van der Waals surface area (Å²) >= 11 is 0. The number of amides is 1. The second-order valence-corrected chi connectivity index (χ2v) is 11.1. The van der Waals surface area contributed by atoms with Crippen LogP contribution >= 0.6 is 0 Å². The molecule has 212 valence electrons. The Morgan fingerprint density at radius 1 is 1.02 bits per heavy atom. The lowest BCUT2D eigenvalue weighted by Gasteiger charge is -2.34. The maximum Gasteiger partial charge on any atom is 0.278 e. The lowest BCUT2D eigenvalue weighted by molar-refractivity contribution is -0.122. The summed E-state index contributed by atoms with van der Waals surface area (Å²) in [6.45, 7) is 14.4. The molecule has 0 aliphatic carbocycles. The van der Waals surface area contributed by atoms with Gasteiger partial charge in [-0.2, -0.15) is 4.98 Å². The Balaban J connectivity index is 1.38. The van der Waals surface area contributed by atoms with Gasteiger partial charge < -0.3 is 15.1 Å². The SMILES string of the molecule is C=CCn1c(=O)c2cnc(Nc3ccc(N4CCN(C)CC4)cc3)nc2n1-c1ccc2c(n1)N(CC)C(=O)C2(C)C. The van der Waals surface area contributed by atoms with Crippen molar-refractivity contribution in [1.29, 1.82) is 0 Å². The highest BCUT2D eigenvalue weighted by Crippen LogP contribution is 2.40. The molecule has 3 aromatic heterocycles. The highest BCUT2D eigenvalue weighted by atomic mass is 16.2. The number of piperazine rings is 1. The van der Waals surface area contributed by atoms with Crippen LogP contribution in [-0.2, 0) is 16.8 Å². The van der Waals surface area contributed by atoms with Crippen molar-refractivity contribution in [3.8, 4) is 5.82 Å². The van der Waals surface area contributed by atoms with E-state index in [0.717, 1.165) is 37.4 Å². The Kier molecular flexibility index (Phi) is 6.61. The molecule has 1 fully saturated rings. The molecule has 2 aliphatic heterocycles. The van der Waals surface area contributed by atoms with Gasteiger partial charge in [0.05, 0.1) is 12.0 Å². The van der Waals surface area contributed by atoms with Crippen LogP contribution in [0.3, 0.4) is 0 Å². The van der Waals surface area contributed by atoms with Crippen LogP contribution in [0.15, 0.2) is 60.0 Å². The third-order valence-corrected chi connectivity index (χ3v) is 8.07. The van der Waals surface area contributed by atoms with Crippen molar-refractivity contribution < 1.29 is 4.79 Å². The second kappa shape index (κ2) is 10.2. The topological polar surface area (TPSA) is 104 Å². The summed E-state index contributed by atoms with van der Waals surface area (Å²) in [7, 11) is 2.15. The van der Waals surface area contributed by atoms with E-state index in [1.165, 1.54) is 10.4 Å². The van der Waals surface area contributed by atoms with Crippen LogP contribution in [0.5, 0.6) is 0 Å². The molecule has 0 radical (unpaired) electrons. The van der Waals surface area contributed by atoms with E-state index >= 15 is 0 Å². The fourth-order valence-electron chi connectivity index (χ4n) is 5.65. The van der Waals surface area contributed by atoms with E-state index in [-0.39, 0.29) is 18.0 Å². The first-order valence-electron chi connectivity index (χ1n) is 14.0. The van der Waals surface area contributed by atoms with Crippen molar-refractivity contribution in [2.24, 2.45) is 0 Å². The zero-order chi connectivity index (χ0) is 28.9. The summed E-state index contributed by atoms with van der Waals surface area (Å²) in [5.74, 6) is 1.46. The first-order chi connectivity index (χ1) is 19.7. The lowest BCUT2D eigenvalue weighted by Crippen LogP contribution is -2.44. The van der Waals surface area contributed by atoms with Crippen LogP contribution < -0.4 is 20.7 Å². The molecule has 1 saturated heterocycles. The van der Waals surface area contributed by atoms with Gasteiger partial charge in [0.1, 0.15) is 11.2 Å². The first kappa shape index (κ1) is 26.7. The number of anilines is 4. The molecule has 0 atom stereocenters. The predicted octanol–water partition coefficient (Wildman–Crippen LogP) is 3.30. The zero-order valence-corrected chi connectivity index (χ0v) is 24.0. The monoisotopic (exact) mass is 553 g/mol.